The molecule has 0 atom stereocenters. The van der Waals surface area contributed by atoms with E-state index in [2.05, 4.69) is 39.0 Å². The Kier molecular flexibility index (Phi) is 4.38. The van der Waals surface area contributed by atoms with E-state index in [1.165, 1.54) is 15.6 Å². The fourth-order valence-electron chi connectivity index (χ4n) is 2.58. The molecule has 0 spiro atoms. The first-order valence-corrected chi connectivity index (χ1v) is 7.78. The van der Waals surface area contributed by atoms with Crippen LogP contribution in [-0.4, -0.2) is 24.6 Å². The number of hydrogen-bond acceptors (Lipinski definition) is 2. The van der Waals surface area contributed by atoms with Crippen LogP contribution >= 0.6 is 15.9 Å². The zero-order valence-electron chi connectivity index (χ0n) is 11.4. The molecule has 0 fully saturated rings. The van der Waals surface area contributed by atoms with E-state index in [0.717, 1.165) is 38.4 Å². The minimum absolute atomic E-state index is 0.743. The van der Waals surface area contributed by atoms with E-state index < -0.39 is 0 Å². The van der Waals surface area contributed by atoms with Gasteiger partial charge in [0, 0.05) is 24.1 Å². The number of para-hydroxylation sites is 1. The molecule has 0 saturated carbocycles. The zero-order chi connectivity index (χ0) is 13.8. The fraction of sp³-hybridized carbons (Fsp3) is 0.294. The van der Waals surface area contributed by atoms with Gasteiger partial charge < -0.3 is 4.74 Å². The molecule has 1 aliphatic rings. The maximum atomic E-state index is 5.77. The van der Waals surface area contributed by atoms with Gasteiger partial charge in [0.05, 0.1) is 0 Å². The first kappa shape index (κ1) is 13.7. The lowest BCUT2D eigenvalue weighted by Crippen LogP contribution is -2.33. The molecule has 1 aliphatic heterocycles. The van der Waals surface area contributed by atoms with Crippen LogP contribution in [0.15, 0.2) is 53.0 Å². The number of fused-ring (bicyclic) bond motifs is 1. The third kappa shape index (κ3) is 3.41. The van der Waals surface area contributed by atoms with Crippen molar-refractivity contribution in [2.75, 3.05) is 19.7 Å². The summed E-state index contributed by atoms with van der Waals surface area (Å²) in [7, 11) is 0. The van der Waals surface area contributed by atoms with Gasteiger partial charge in [0.1, 0.15) is 12.4 Å². The molecule has 20 heavy (non-hydrogen) atoms. The highest BCUT2D eigenvalue weighted by Gasteiger charge is 2.15. The van der Waals surface area contributed by atoms with E-state index in [9.17, 15) is 0 Å². The van der Waals surface area contributed by atoms with Crippen molar-refractivity contribution < 1.29 is 4.74 Å². The van der Waals surface area contributed by atoms with E-state index in [1.807, 2.05) is 30.3 Å². The average molecular weight is 332 g/mol. The summed E-state index contributed by atoms with van der Waals surface area (Å²) in [6.45, 7) is 3.86. The van der Waals surface area contributed by atoms with Crippen LogP contribution in [0, 0.1) is 0 Å². The van der Waals surface area contributed by atoms with Gasteiger partial charge in [-0.2, -0.15) is 0 Å². The summed E-state index contributed by atoms with van der Waals surface area (Å²) in [5.74, 6) is 0.952. The molecule has 0 saturated heterocycles. The summed E-state index contributed by atoms with van der Waals surface area (Å²) in [6, 6.07) is 16.6. The van der Waals surface area contributed by atoms with Crippen molar-refractivity contribution in [1.29, 1.82) is 0 Å². The summed E-state index contributed by atoms with van der Waals surface area (Å²) >= 11 is 3.55. The van der Waals surface area contributed by atoms with Crippen molar-refractivity contribution >= 4 is 15.9 Å². The maximum Gasteiger partial charge on any atom is 0.119 e. The topological polar surface area (TPSA) is 12.5 Å². The highest BCUT2D eigenvalue weighted by molar-refractivity contribution is 9.10. The second kappa shape index (κ2) is 6.42. The molecule has 3 rings (SSSR count). The number of benzene rings is 2. The number of nitrogens with zero attached hydrogens (tertiary/aromatic N) is 1. The minimum Gasteiger partial charge on any atom is -0.492 e. The lowest BCUT2D eigenvalue weighted by molar-refractivity contribution is 0.196. The van der Waals surface area contributed by atoms with Gasteiger partial charge >= 0.3 is 0 Å². The summed E-state index contributed by atoms with van der Waals surface area (Å²) in [6.07, 6.45) is 1.13. The number of halogens is 1. The molecule has 0 radical (unpaired) electrons. The monoisotopic (exact) mass is 331 g/mol. The predicted molar refractivity (Wildman–Crippen MR) is 85.1 cm³/mol. The minimum atomic E-state index is 0.743. The lowest BCUT2D eigenvalue weighted by Gasteiger charge is -2.28. The van der Waals surface area contributed by atoms with Crippen LogP contribution in [0.4, 0.5) is 0 Å². The third-order valence-corrected chi connectivity index (χ3v) is 4.17. The molecule has 0 amide bonds. The Bertz CT molecular complexity index is 570. The lowest BCUT2D eigenvalue weighted by atomic mass is 10.00. The molecule has 0 aromatic heterocycles. The molecule has 0 unspecified atom stereocenters. The van der Waals surface area contributed by atoms with Crippen molar-refractivity contribution in [3.63, 3.8) is 0 Å². The highest BCUT2D eigenvalue weighted by atomic mass is 79.9. The Morgan fingerprint density at radius 1 is 1.05 bits per heavy atom. The summed E-state index contributed by atoms with van der Waals surface area (Å²) in [5, 5.41) is 0. The highest BCUT2D eigenvalue weighted by Crippen LogP contribution is 2.22. The van der Waals surface area contributed by atoms with Gasteiger partial charge in [0.15, 0.2) is 0 Å². The fourth-order valence-corrected chi connectivity index (χ4v) is 2.99. The molecule has 104 valence electrons. The van der Waals surface area contributed by atoms with Crippen LogP contribution in [0.3, 0.4) is 0 Å². The molecule has 3 heteroatoms. The van der Waals surface area contributed by atoms with Gasteiger partial charge in [-0.1, -0.05) is 40.2 Å². The van der Waals surface area contributed by atoms with Gasteiger partial charge in [-0.25, -0.2) is 0 Å². The molecule has 2 nitrogen and oxygen atoms in total. The first-order valence-electron chi connectivity index (χ1n) is 6.99. The zero-order valence-corrected chi connectivity index (χ0v) is 13.0. The molecule has 1 heterocycles. The van der Waals surface area contributed by atoms with Crippen LogP contribution in [-0.2, 0) is 13.0 Å². The standard InChI is InChI=1S/C17H18BrNO/c18-16-7-6-14-8-9-19(13-15(14)12-16)10-11-20-17-4-2-1-3-5-17/h1-7,12H,8-11,13H2. The van der Waals surface area contributed by atoms with E-state index >= 15 is 0 Å². The van der Waals surface area contributed by atoms with Crippen molar-refractivity contribution in [2.24, 2.45) is 0 Å². The molecule has 0 N–H and O–H groups in total. The number of hydrogen-bond donors (Lipinski definition) is 0. The molecule has 0 bridgehead atoms. The van der Waals surface area contributed by atoms with Crippen LogP contribution in [0.25, 0.3) is 0 Å². The van der Waals surface area contributed by atoms with Crippen LogP contribution in [0.2, 0.25) is 0 Å². The Hall–Kier alpha value is -1.32. The smallest absolute Gasteiger partial charge is 0.119 e. The quantitative estimate of drug-likeness (QED) is 0.842. The molecular weight excluding hydrogens is 314 g/mol. The molecule has 2 aromatic rings. The normalized spacial score (nSPS) is 14.8. The van der Waals surface area contributed by atoms with Gasteiger partial charge in [-0.3, -0.25) is 4.90 Å². The second-order valence-corrected chi connectivity index (χ2v) is 6.02. The van der Waals surface area contributed by atoms with Crippen LogP contribution in [0.5, 0.6) is 5.75 Å². The van der Waals surface area contributed by atoms with Crippen molar-refractivity contribution in [2.45, 2.75) is 13.0 Å². The van der Waals surface area contributed by atoms with Gasteiger partial charge in [0.25, 0.3) is 0 Å². The Labute approximate surface area is 128 Å². The summed E-state index contributed by atoms with van der Waals surface area (Å²) < 4.78 is 6.93. The van der Waals surface area contributed by atoms with E-state index in [-0.39, 0.29) is 0 Å². The second-order valence-electron chi connectivity index (χ2n) is 5.10. The van der Waals surface area contributed by atoms with Gasteiger partial charge in [-0.05, 0) is 41.8 Å². The summed E-state index contributed by atoms with van der Waals surface area (Å²) in [4.78, 5) is 2.46. The SMILES string of the molecule is Brc1ccc2c(c1)CN(CCOc1ccccc1)CC2. The van der Waals surface area contributed by atoms with Crippen molar-refractivity contribution in [1.82, 2.24) is 4.90 Å². The van der Waals surface area contributed by atoms with Crippen molar-refractivity contribution in [3.8, 4) is 5.75 Å². The molecule has 0 aliphatic carbocycles. The predicted octanol–water partition coefficient (Wildman–Crippen LogP) is 3.89. The largest absolute Gasteiger partial charge is 0.492 e. The van der Waals surface area contributed by atoms with Crippen LogP contribution in [0.1, 0.15) is 11.1 Å². The third-order valence-electron chi connectivity index (χ3n) is 3.68. The number of rotatable bonds is 4. The van der Waals surface area contributed by atoms with Gasteiger partial charge in [0.2, 0.25) is 0 Å². The molecular formula is C17H18BrNO. The Morgan fingerprint density at radius 3 is 2.75 bits per heavy atom. The Balaban J connectivity index is 1.53. The maximum absolute atomic E-state index is 5.77. The Morgan fingerprint density at radius 2 is 1.90 bits per heavy atom. The number of ether oxygens (including phenoxy) is 1. The molecule has 2 aromatic carbocycles. The first-order chi connectivity index (χ1) is 9.81. The van der Waals surface area contributed by atoms with E-state index in [0.29, 0.717) is 0 Å². The summed E-state index contributed by atoms with van der Waals surface area (Å²) in [5.41, 5.74) is 2.92. The van der Waals surface area contributed by atoms with Crippen LogP contribution < -0.4 is 4.74 Å². The van der Waals surface area contributed by atoms with Gasteiger partial charge in [-0.15, -0.1) is 0 Å². The van der Waals surface area contributed by atoms with E-state index in [1.54, 1.807) is 0 Å². The average Bonchev–Trinajstić information content (AvgIpc) is 2.48. The van der Waals surface area contributed by atoms with E-state index in [4.69, 9.17) is 4.74 Å². The van der Waals surface area contributed by atoms with Crippen molar-refractivity contribution in [3.05, 3.63) is 64.1 Å².